The summed E-state index contributed by atoms with van der Waals surface area (Å²) in [6.45, 7) is 6.33. The summed E-state index contributed by atoms with van der Waals surface area (Å²) in [5.74, 6) is 2.45. The minimum atomic E-state index is -0.116. The van der Waals surface area contributed by atoms with Gasteiger partial charge in [0.15, 0.2) is 5.82 Å². The molecule has 3 heterocycles. The summed E-state index contributed by atoms with van der Waals surface area (Å²) in [6, 6.07) is -0.116. The smallest absolute Gasteiger partial charge is 0.242 e. The molecule has 3 aliphatic rings. The SMILES string of the molecule is Cc1noc(C2CN(C(=O)C3COCCN3CC3CCC3)C2)n1. The summed E-state index contributed by atoms with van der Waals surface area (Å²) in [4.78, 5) is 21.3. The van der Waals surface area contributed by atoms with Gasteiger partial charge >= 0.3 is 0 Å². The maximum atomic E-state index is 12.8. The zero-order valence-corrected chi connectivity index (χ0v) is 13.6. The van der Waals surface area contributed by atoms with Crippen molar-refractivity contribution in [1.29, 1.82) is 0 Å². The van der Waals surface area contributed by atoms with Gasteiger partial charge in [0.2, 0.25) is 11.8 Å². The fraction of sp³-hybridized carbons (Fsp3) is 0.812. The summed E-state index contributed by atoms with van der Waals surface area (Å²) in [5.41, 5.74) is 0. The van der Waals surface area contributed by atoms with E-state index in [1.807, 2.05) is 11.8 Å². The van der Waals surface area contributed by atoms with Crippen LogP contribution in [0.25, 0.3) is 0 Å². The second-order valence-electron chi connectivity index (χ2n) is 7.00. The van der Waals surface area contributed by atoms with Gasteiger partial charge in [0.25, 0.3) is 0 Å². The van der Waals surface area contributed by atoms with Gasteiger partial charge in [-0.2, -0.15) is 4.98 Å². The van der Waals surface area contributed by atoms with E-state index in [9.17, 15) is 4.79 Å². The second kappa shape index (κ2) is 6.20. The van der Waals surface area contributed by atoms with Crippen LogP contribution in [0.15, 0.2) is 4.52 Å². The average Bonchev–Trinajstić information content (AvgIpc) is 2.88. The maximum absolute atomic E-state index is 12.8. The Kier molecular flexibility index (Phi) is 4.07. The Hall–Kier alpha value is -1.47. The molecule has 7 heteroatoms. The van der Waals surface area contributed by atoms with Crippen molar-refractivity contribution in [3.05, 3.63) is 11.7 Å². The molecule has 1 aliphatic carbocycles. The Morgan fingerprint density at radius 2 is 2.17 bits per heavy atom. The molecule has 1 aromatic rings. The predicted molar refractivity (Wildman–Crippen MR) is 81.9 cm³/mol. The lowest BCUT2D eigenvalue weighted by atomic mass is 9.84. The van der Waals surface area contributed by atoms with Gasteiger partial charge in [-0.3, -0.25) is 9.69 Å². The number of aryl methyl sites for hydroxylation is 1. The highest BCUT2D eigenvalue weighted by Crippen LogP contribution is 2.30. The maximum Gasteiger partial charge on any atom is 0.242 e. The number of hydrogen-bond donors (Lipinski definition) is 0. The van der Waals surface area contributed by atoms with Crippen LogP contribution in [0.1, 0.15) is 36.9 Å². The molecule has 1 amide bonds. The number of aromatic nitrogens is 2. The second-order valence-corrected chi connectivity index (χ2v) is 7.00. The molecular formula is C16H24N4O3. The third-order valence-electron chi connectivity index (χ3n) is 5.33. The normalized spacial score (nSPS) is 26.8. The van der Waals surface area contributed by atoms with E-state index in [2.05, 4.69) is 15.0 Å². The summed E-state index contributed by atoms with van der Waals surface area (Å²) in [5, 5.41) is 3.82. The van der Waals surface area contributed by atoms with Crippen molar-refractivity contribution in [2.75, 3.05) is 39.4 Å². The van der Waals surface area contributed by atoms with Crippen LogP contribution < -0.4 is 0 Å². The number of hydrogen-bond acceptors (Lipinski definition) is 6. The fourth-order valence-corrected chi connectivity index (χ4v) is 3.60. The van der Waals surface area contributed by atoms with E-state index in [4.69, 9.17) is 9.26 Å². The predicted octanol–water partition coefficient (Wildman–Crippen LogP) is 0.805. The Morgan fingerprint density at radius 1 is 1.35 bits per heavy atom. The highest BCUT2D eigenvalue weighted by Gasteiger charge is 2.41. The molecule has 0 N–H and O–H groups in total. The summed E-state index contributed by atoms with van der Waals surface area (Å²) in [6.07, 6.45) is 3.95. The lowest BCUT2D eigenvalue weighted by Gasteiger charge is -2.44. The quantitative estimate of drug-likeness (QED) is 0.817. The van der Waals surface area contributed by atoms with Crippen LogP contribution in [-0.4, -0.2) is 71.3 Å². The number of rotatable bonds is 4. The number of amides is 1. The van der Waals surface area contributed by atoms with Gasteiger partial charge in [0.05, 0.1) is 19.1 Å². The van der Waals surface area contributed by atoms with Crippen molar-refractivity contribution in [1.82, 2.24) is 19.9 Å². The van der Waals surface area contributed by atoms with Crippen LogP contribution in [-0.2, 0) is 9.53 Å². The molecule has 1 aromatic heterocycles. The molecule has 4 rings (SSSR count). The molecule has 7 nitrogen and oxygen atoms in total. The number of carbonyl (C=O) groups is 1. The molecule has 1 saturated carbocycles. The Morgan fingerprint density at radius 3 is 2.83 bits per heavy atom. The van der Waals surface area contributed by atoms with Gasteiger partial charge in [0, 0.05) is 26.2 Å². The molecular weight excluding hydrogens is 296 g/mol. The first kappa shape index (κ1) is 15.1. The van der Waals surface area contributed by atoms with Crippen molar-refractivity contribution >= 4 is 5.91 Å². The zero-order chi connectivity index (χ0) is 15.8. The van der Waals surface area contributed by atoms with Crippen LogP contribution in [0.5, 0.6) is 0 Å². The van der Waals surface area contributed by atoms with Gasteiger partial charge in [-0.25, -0.2) is 0 Å². The molecule has 126 valence electrons. The van der Waals surface area contributed by atoms with Gasteiger partial charge in [-0.1, -0.05) is 11.6 Å². The van der Waals surface area contributed by atoms with E-state index in [-0.39, 0.29) is 17.9 Å². The van der Waals surface area contributed by atoms with E-state index in [1.54, 1.807) is 0 Å². The monoisotopic (exact) mass is 320 g/mol. The van der Waals surface area contributed by atoms with Crippen molar-refractivity contribution < 1.29 is 14.1 Å². The number of carbonyl (C=O) groups excluding carboxylic acids is 1. The Labute approximate surface area is 136 Å². The molecule has 0 radical (unpaired) electrons. The standard InChI is InChI=1S/C16H24N4O3/c1-11-17-15(23-18-11)13-8-20(9-13)16(21)14-10-22-6-5-19(14)7-12-3-2-4-12/h12-14H,2-10H2,1H3. The van der Waals surface area contributed by atoms with E-state index < -0.39 is 0 Å². The van der Waals surface area contributed by atoms with Gasteiger partial charge < -0.3 is 14.2 Å². The number of nitrogens with zero attached hydrogens (tertiary/aromatic N) is 4. The lowest BCUT2D eigenvalue weighted by Crippen LogP contribution is -2.60. The third kappa shape index (κ3) is 2.99. The first-order valence-electron chi connectivity index (χ1n) is 8.61. The van der Waals surface area contributed by atoms with Crippen LogP contribution in [0.4, 0.5) is 0 Å². The molecule has 2 saturated heterocycles. The van der Waals surface area contributed by atoms with E-state index >= 15 is 0 Å². The van der Waals surface area contributed by atoms with Gasteiger partial charge in [-0.05, 0) is 25.7 Å². The molecule has 0 bridgehead atoms. The molecule has 3 fully saturated rings. The summed E-state index contributed by atoms with van der Waals surface area (Å²) < 4.78 is 10.8. The van der Waals surface area contributed by atoms with Crippen LogP contribution in [0.2, 0.25) is 0 Å². The highest BCUT2D eigenvalue weighted by atomic mass is 16.5. The van der Waals surface area contributed by atoms with Crippen molar-refractivity contribution in [3.63, 3.8) is 0 Å². The topological polar surface area (TPSA) is 71.7 Å². The largest absolute Gasteiger partial charge is 0.378 e. The van der Waals surface area contributed by atoms with Gasteiger partial charge in [0.1, 0.15) is 6.04 Å². The van der Waals surface area contributed by atoms with Crippen LogP contribution >= 0.6 is 0 Å². The minimum Gasteiger partial charge on any atom is -0.378 e. The van der Waals surface area contributed by atoms with E-state index in [0.29, 0.717) is 31.4 Å². The van der Waals surface area contributed by atoms with E-state index in [0.717, 1.165) is 25.6 Å². The zero-order valence-electron chi connectivity index (χ0n) is 13.6. The Bertz CT molecular complexity index is 565. The molecule has 2 aliphatic heterocycles. The van der Waals surface area contributed by atoms with Crippen LogP contribution in [0, 0.1) is 12.8 Å². The van der Waals surface area contributed by atoms with Gasteiger partial charge in [-0.15, -0.1) is 0 Å². The molecule has 1 atom stereocenters. The molecule has 0 aromatic carbocycles. The van der Waals surface area contributed by atoms with E-state index in [1.165, 1.54) is 19.3 Å². The average molecular weight is 320 g/mol. The minimum absolute atomic E-state index is 0.116. The molecule has 0 spiro atoms. The fourth-order valence-electron chi connectivity index (χ4n) is 3.60. The molecule has 1 unspecified atom stereocenters. The Balaban J connectivity index is 1.34. The lowest BCUT2D eigenvalue weighted by molar-refractivity contribution is -0.149. The van der Waals surface area contributed by atoms with Crippen molar-refractivity contribution in [2.24, 2.45) is 5.92 Å². The summed E-state index contributed by atoms with van der Waals surface area (Å²) in [7, 11) is 0. The van der Waals surface area contributed by atoms with Crippen molar-refractivity contribution in [3.8, 4) is 0 Å². The first-order chi connectivity index (χ1) is 11.2. The summed E-state index contributed by atoms with van der Waals surface area (Å²) >= 11 is 0. The number of likely N-dealkylation sites (tertiary alicyclic amines) is 1. The number of morpholine rings is 1. The third-order valence-corrected chi connectivity index (χ3v) is 5.33. The van der Waals surface area contributed by atoms with Crippen molar-refractivity contribution in [2.45, 2.75) is 38.1 Å². The highest BCUT2D eigenvalue weighted by molar-refractivity contribution is 5.83. The number of ether oxygens (including phenoxy) is 1. The van der Waals surface area contributed by atoms with Crippen LogP contribution in [0.3, 0.4) is 0 Å². The molecule has 23 heavy (non-hydrogen) atoms. The first-order valence-corrected chi connectivity index (χ1v) is 8.61.